The second-order valence-electron chi connectivity index (χ2n) is 7.06. The van der Waals surface area contributed by atoms with Gasteiger partial charge in [-0.25, -0.2) is 14.4 Å². The van der Waals surface area contributed by atoms with Gasteiger partial charge in [-0.15, -0.1) is 0 Å². The molecule has 8 nitrogen and oxygen atoms in total. The fourth-order valence-corrected chi connectivity index (χ4v) is 3.50. The number of benzene rings is 1. The monoisotopic (exact) mass is 403 g/mol. The lowest BCUT2D eigenvalue weighted by Gasteiger charge is -2.27. The van der Waals surface area contributed by atoms with Crippen molar-refractivity contribution in [3.8, 4) is 11.3 Å². The highest BCUT2D eigenvalue weighted by atomic mass is 19.1. The van der Waals surface area contributed by atoms with Gasteiger partial charge in [0.05, 0.1) is 16.9 Å². The maximum absolute atomic E-state index is 15.1. The first kappa shape index (κ1) is 18.2. The molecule has 1 amide bonds. The minimum absolute atomic E-state index is 0.175. The number of carbonyl (C=O) groups is 1. The average molecular weight is 403 g/mol. The third kappa shape index (κ3) is 3.05. The second-order valence-corrected chi connectivity index (χ2v) is 7.06. The number of fused-ring (bicyclic) bond motifs is 1. The van der Waals surface area contributed by atoms with Crippen molar-refractivity contribution in [1.29, 1.82) is 0 Å². The number of pyridine rings is 2. The van der Waals surface area contributed by atoms with Gasteiger partial charge >= 0.3 is 0 Å². The van der Waals surface area contributed by atoms with E-state index in [0.717, 1.165) is 18.6 Å². The second kappa shape index (κ2) is 7.20. The Morgan fingerprint density at radius 3 is 2.73 bits per heavy atom. The third-order valence-corrected chi connectivity index (χ3v) is 5.15. The van der Waals surface area contributed by atoms with Crippen LogP contribution in [0.25, 0.3) is 22.2 Å². The first-order valence-corrected chi connectivity index (χ1v) is 9.47. The zero-order chi connectivity index (χ0) is 20.7. The van der Waals surface area contributed by atoms with Crippen LogP contribution in [0, 0.1) is 5.82 Å². The smallest absolute Gasteiger partial charge is 0.256 e. The van der Waals surface area contributed by atoms with Gasteiger partial charge in [0.25, 0.3) is 5.91 Å². The Bertz CT molecular complexity index is 1250. The van der Waals surface area contributed by atoms with Crippen molar-refractivity contribution in [2.45, 2.75) is 6.04 Å². The van der Waals surface area contributed by atoms with Crippen LogP contribution < -0.4 is 16.4 Å². The predicted octanol–water partition coefficient (Wildman–Crippen LogP) is 2.61. The van der Waals surface area contributed by atoms with E-state index in [-0.39, 0.29) is 23.0 Å². The number of anilines is 2. The Labute approximate surface area is 170 Å². The number of carbonyl (C=O) groups excluding carboxylic acids is 1. The fourth-order valence-electron chi connectivity index (χ4n) is 3.50. The van der Waals surface area contributed by atoms with E-state index in [2.05, 4.69) is 25.7 Å². The van der Waals surface area contributed by atoms with E-state index in [0.29, 0.717) is 16.9 Å². The zero-order valence-corrected chi connectivity index (χ0v) is 15.8. The summed E-state index contributed by atoms with van der Waals surface area (Å²) in [6, 6.07) is 11.4. The Kier molecular flexibility index (Phi) is 4.36. The van der Waals surface area contributed by atoms with Crippen LogP contribution in [-0.4, -0.2) is 38.7 Å². The molecule has 150 valence electrons. The molecule has 1 fully saturated rings. The summed E-state index contributed by atoms with van der Waals surface area (Å²) in [6.07, 6.45) is 3.18. The van der Waals surface area contributed by atoms with Crippen LogP contribution in [0.2, 0.25) is 0 Å². The van der Waals surface area contributed by atoms with E-state index in [1.54, 1.807) is 42.7 Å². The Hall–Kier alpha value is -3.85. The molecule has 1 aliphatic rings. The zero-order valence-electron chi connectivity index (χ0n) is 15.8. The highest BCUT2D eigenvalue weighted by molar-refractivity contribution is 6.05. The largest absolute Gasteiger partial charge is 0.383 e. The topological polar surface area (TPSA) is 111 Å². The number of rotatable bonds is 4. The molecule has 4 aromatic rings. The third-order valence-electron chi connectivity index (χ3n) is 5.15. The van der Waals surface area contributed by atoms with Gasteiger partial charge in [0.15, 0.2) is 0 Å². The van der Waals surface area contributed by atoms with Gasteiger partial charge in [-0.3, -0.25) is 9.48 Å². The number of amides is 1. The van der Waals surface area contributed by atoms with Crippen LogP contribution >= 0.6 is 0 Å². The molecule has 1 aliphatic heterocycles. The lowest BCUT2D eigenvalue weighted by molar-refractivity contribution is 0.102. The molecule has 0 unspecified atom stereocenters. The summed E-state index contributed by atoms with van der Waals surface area (Å²) >= 11 is 0. The first-order chi connectivity index (χ1) is 14.6. The number of nitrogens with zero attached hydrogens (tertiary/aromatic N) is 4. The summed E-state index contributed by atoms with van der Waals surface area (Å²) in [7, 11) is 0. The molecule has 4 heterocycles. The van der Waals surface area contributed by atoms with Crippen molar-refractivity contribution >= 4 is 28.4 Å². The van der Waals surface area contributed by atoms with Gasteiger partial charge in [-0.1, -0.05) is 6.07 Å². The van der Waals surface area contributed by atoms with E-state index in [9.17, 15) is 4.79 Å². The predicted molar refractivity (Wildman–Crippen MR) is 111 cm³/mol. The molecule has 1 aromatic carbocycles. The van der Waals surface area contributed by atoms with Crippen molar-refractivity contribution in [1.82, 2.24) is 25.1 Å². The summed E-state index contributed by atoms with van der Waals surface area (Å²) in [4.78, 5) is 20.6. The molecule has 0 atom stereocenters. The number of nitrogen functional groups attached to an aromatic ring is 1. The van der Waals surface area contributed by atoms with E-state index in [1.807, 2.05) is 10.7 Å². The van der Waals surface area contributed by atoms with Gasteiger partial charge < -0.3 is 16.4 Å². The van der Waals surface area contributed by atoms with Gasteiger partial charge in [-0.2, -0.15) is 5.10 Å². The number of nitrogens with two attached hydrogens (primary N) is 1. The van der Waals surface area contributed by atoms with Gasteiger partial charge in [0, 0.05) is 36.6 Å². The van der Waals surface area contributed by atoms with E-state index < -0.39 is 11.7 Å². The molecule has 9 heteroatoms. The standard InChI is InChI=1S/C21H18FN7O/c22-15-9-12(21(30)27-17-3-1-2-7-25-17)4-5-14(15)19-18-16(6-8-26-20(18)23)29(28-19)13-10-24-11-13/h1-9,13,24H,10-11H2,(H2,23,26)(H,25,27,30). The van der Waals surface area contributed by atoms with Crippen LogP contribution in [0.4, 0.5) is 16.0 Å². The van der Waals surface area contributed by atoms with E-state index in [1.165, 1.54) is 6.07 Å². The maximum Gasteiger partial charge on any atom is 0.256 e. The molecule has 4 N–H and O–H groups in total. The lowest BCUT2D eigenvalue weighted by atomic mass is 10.0. The molecular formula is C21H18FN7O. The van der Waals surface area contributed by atoms with Crippen molar-refractivity contribution in [3.63, 3.8) is 0 Å². The van der Waals surface area contributed by atoms with Crippen LogP contribution in [-0.2, 0) is 0 Å². The number of nitrogens with one attached hydrogen (secondary N) is 2. The molecule has 5 rings (SSSR count). The number of aromatic nitrogens is 4. The van der Waals surface area contributed by atoms with Crippen molar-refractivity contribution in [2.24, 2.45) is 0 Å². The van der Waals surface area contributed by atoms with Crippen LogP contribution in [0.3, 0.4) is 0 Å². The van der Waals surface area contributed by atoms with Gasteiger partial charge in [0.1, 0.15) is 23.1 Å². The van der Waals surface area contributed by atoms with Crippen LogP contribution in [0.1, 0.15) is 16.4 Å². The highest BCUT2D eigenvalue weighted by Gasteiger charge is 2.26. The van der Waals surface area contributed by atoms with E-state index in [4.69, 9.17) is 5.73 Å². The maximum atomic E-state index is 15.1. The van der Waals surface area contributed by atoms with Crippen molar-refractivity contribution < 1.29 is 9.18 Å². The SMILES string of the molecule is Nc1nccc2c1c(-c1ccc(C(=O)Nc3ccccn3)cc1F)nn2C1CNC1. The Balaban J connectivity index is 1.54. The minimum atomic E-state index is -0.565. The normalized spacial score (nSPS) is 13.9. The number of halogens is 1. The van der Waals surface area contributed by atoms with Crippen molar-refractivity contribution in [3.05, 3.63) is 66.2 Å². The van der Waals surface area contributed by atoms with Crippen molar-refractivity contribution in [2.75, 3.05) is 24.1 Å². The highest BCUT2D eigenvalue weighted by Crippen LogP contribution is 2.34. The summed E-state index contributed by atoms with van der Waals surface area (Å²) in [5, 5.41) is 11.1. The lowest BCUT2D eigenvalue weighted by Crippen LogP contribution is -2.43. The number of hydrogen-bond acceptors (Lipinski definition) is 6. The molecule has 1 saturated heterocycles. The molecule has 30 heavy (non-hydrogen) atoms. The summed E-state index contributed by atoms with van der Waals surface area (Å²) in [5.41, 5.74) is 7.77. The Morgan fingerprint density at radius 2 is 2.03 bits per heavy atom. The molecule has 0 bridgehead atoms. The molecule has 3 aromatic heterocycles. The van der Waals surface area contributed by atoms with Crippen LogP contribution in [0.15, 0.2) is 54.9 Å². The Morgan fingerprint density at radius 1 is 1.17 bits per heavy atom. The summed E-state index contributed by atoms with van der Waals surface area (Å²) < 4.78 is 16.9. The average Bonchev–Trinajstić information content (AvgIpc) is 3.07. The molecule has 0 aliphatic carbocycles. The molecule has 0 radical (unpaired) electrons. The molecule has 0 spiro atoms. The first-order valence-electron chi connectivity index (χ1n) is 9.47. The van der Waals surface area contributed by atoms with Gasteiger partial charge in [0.2, 0.25) is 0 Å². The van der Waals surface area contributed by atoms with Crippen LogP contribution in [0.5, 0.6) is 0 Å². The fraction of sp³-hybridized carbons (Fsp3) is 0.143. The summed E-state index contributed by atoms with van der Waals surface area (Å²) in [5.74, 6) is -0.330. The quantitative estimate of drug-likeness (QED) is 0.483. The summed E-state index contributed by atoms with van der Waals surface area (Å²) in [6.45, 7) is 1.57. The molecule has 0 saturated carbocycles. The van der Waals surface area contributed by atoms with E-state index >= 15 is 4.39 Å². The van der Waals surface area contributed by atoms with Gasteiger partial charge in [-0.05, 0) is 36.4 Å². The molecular weight excluding hydrogens is 385 g/mol. The minimum Gasteiger partial charge on any atom is -0.383 e. The number of hydrogen-bond donors (Lipinski definition) is 3.